The lowest BCUT2D eigenvalue weighted by molar-refractivity contribution is 0.590. The van der Waals surface area contributed by atoms with Crippen molar-refractivity contribution < 1.29 is 0 Å². The molecule has 0 spiro atoms. The first-order valence-corrected chi connectivity index (χ1v) is 19.2. The van der Waals surface area contributed by atoms with Gasteiger partial charge in [-0.15, -0.1) is 0 Å². The van der Waals surface area contributed by atoms with Crippen LogP contribution in [0.3, 0.4) is 0 Å². The lowest BCUT2D eigenvalue weighted by Gasteiger charge is -2.21. The molecule has 6 aromatic carbocycles. The van der Waals surface area contributed by atoms with Gasteiger partial charge in [0.2, 0.25) is 0 Å². The number of H-pyrrole nitrogens is 1. The van der Waals surface area contributed by atoms with Crippen LogP contribution >= 0.6 is 0 Å². The van der Waals surface area contributed by atoms with Crippen LogP contribution in [0.5, 0.6) is 0 Å². The van der Waals surface area contributed by atoms with Crippen LogP contribution in [0.15, 0.2) is 146 Å². The summed E-state index contributed by atoms with van der Waals surface area (Å²) >= 11 is 0. The fraction of sp³-hybridized carbons (Fsp3) is 0.176. The van der Waals surface area contributed by atoms with Crippen molar-refractivity contribution in [1.29, 1.82) is 0 Å². The monoisotopic (exact) mass is 714 g/mol. The maximum atomic E-state index is 5.55. The van der Waals surface area contributed by atoms with Crippen molar-refractivity contribution in [2.45, 2.75) is 52.4 Å². The van der Waals surface area contributed by atoms with Crippen LogP contribution in [-0.4, -0.2) is 19.5 Å². The van der Waals surface area contributed by atoms with E-state index in [1.165, 1.54) is 27.5 Å². The summed E-state index contributed by atoms with van der Waals surface area (Å²) in [5.41, 5.74) is 16.9. The number of para-hydroxylation sites is 1. The van der Waals surface area contributed by atoms with Crippen LogP contribution in [0, 0.1) is 0 Å². The molecule has 4 heteroatoms. The molecule has 0 unspecified atom stereocenters. The number of aryl methyl sites for hydroxylation is 1. The molecule has 0 amide bonds. The average Bonchev–Trinajstić information content (AvgIpc) is 3.74. The first-order valence-electron chi connectivity index (χ1n) is 19.2. The summed E-state index contributed by atoms with van der Waals surface area (Å²) in [4.78, 5) is 14.3. The molecule has 0 aliphatic carbocycles. The Morgan fingerprint density at radius 1 is 0.509 bits per heavy atom. The largest absolute Gasteiger partial charge is 0.354 e. The molecule has 3 aromatic heterocycles. The maximum absolute atomic E-state index is 5.55. The van der Waals surface area contributed by atoms with Gasteiger partial charge in [-0.25, -0.2) is 4.98 Å². The Hall–Kier alpha value is -6.26. The van der Waals surface area contributed by atoms with Crippen LogP contribution < -0.4 is 0 Å². The summed E-state index contributed by atoms with van der Waals surface area (Å²) in [5, 5.41) is 2.49. The van der Waals surface area contributed by atoms with Gasteiger partial charge in [-0.3, -0.25) is 4.98 Å². The molecule has 0 saturated heterocycles. The molecule has 0 aliphatic rings. The third kappa shape index (κ3) is 6.22. The van der Waals surface area contributed by atoms with Crippen LogP contribution in [-0.2, 0) is 17.9 Å². The molecular weight excluding hydrogens is 669 g/mol. The van der Waals surface area contributed by atoms with E-state index in [4.69, 9.17) is 9.97 Å². The molecule has 0 radical (unpaired) electrons. The highest BCUT2D eigenvalue weighted by molar-refractivity contribution is 6.12. The SMILES string of the molecule is Cn1c(-c2cc(C(C)(C)C)cc3c2[nH]c2ccc(C(C)(C)C)cc23)nc2c(-c3cc(-c4ccccc4)cc(-c4cc(-c5ccccc5)ccn4)c3)cccc21. The van der Waals surface area contributed by atoms with E-state index < -0.39 is 0 Å². The van der Waals surface area contributed by atoms with Gasteiger partial charge in [-0.1, -0.05) is 120 Å². The van der Waals surface area contributed by atoms with Crippen LogP contribution in [0.2, 0.25) is 0 Å². The Bertz CT molecular complexity index is 2880. The number of rotatable bonds is 5. The Morgan fingerprint density at radius 2 is 1.16 bits per heavy atom. The summed E-state index contributed by atoms with van der Waals surface area (Å²) in [7, 11) is 2.15. The third-order valence-corrected chi connectivity index (χ3v) is 11.1. The highest BCUT2D eigenvalue weighted by Crippen LogP contribution is 2.42. The zero-order valence-electron chi connectivity index (χ0n) is 32.7. The van der Waals surface area contributed by atoms with Crippen LogP contribution in [0.1, 0.15) is 52.7 Å². The molecule has 0 aliphatic heterocycles. The Morgan fingerprint density at radius 3 is 1.87 bits per heavy atom. The van der Waals surface area contributed by atoms with Crippen molar-refractivity contribution in [2.24, 2.45) is 7.05 Å². The minimum Gasteiger partial charge on any atom is -0.354 e. The predicted molar refractivity (Wildman–Crippen MR) is 232 cm³/mol. The summed E-state index contributed by atoms with van der Waals surface area (Å²) in [6.07, 6.45) is 1.92. The normalized spacial score (nSPS) is 12.3. The van der Waals surface area contributed by atoms with E-state index in [1.807, 2.05) is 6.20 Å². The molecule has 0 fully saturated rings. The molecule has 4 nitrogen and oxygen atoms in total. The molecule has 0 saturated carbocycles. The molecule has 3 heterocycles. The Labute approximate surface area is 323 Å². The standard InChI is InChI=1S/C51H46N4/c1-50(2,3)38-21-22-44-41(29-38)42-30-39(51(4,5)6)31-43(47(42)53-44)49-54-48-40(19-14-20-46(48)55(49)7)36-25-35(33-17-12-9-13-18-33)26-37(27-36)45-28-34(23-24-52-45)32-15-10-8-11-16-32/h8-31,53H,1-7H3. The van der Waals surface area contributed by atoms with Gasteiger partial charge in [-0.2, -0.15) is 0 Å². The van der Waals surface area contributed by atoms with E-state index in [0.717, 1.165) is 72.5 Å². The second-order valence-corrected chi connectivity index (χ2v) is 17.0. The average molecular weight is 715 g/mol. The number of nitrogens with zero attached hydrogens (tertiary/aromatic N) is 3. The minimum absolute atomic E-state index is 0.0501. The lowest BCUT2D eigenvalue weighted by atomic mass is 9.84. The van der Waals surface area contributed by atoms with Crippen molar-refractivity contribution in [3.8, 4) is 56.0 Å². The first-order chi connectivity index (χ1) is 26.4. The molecule has 0 bridgehead atoms. The van der Waals surface area contributed by atoms with E-state index in [2.05, 4.69) is 198 Å². The number of imidazole rings is 1. The highest BCUT2D eigenvalue weighted by atomic mass is 15.1. The Balaban J connectivity index is 1.26. The first kappa shape index (κ1) is 34.5. The van der Waals surface area contributed by atoms with Gasteiger partial charge in [-0.05, 0) is 110 Å². The van der Waals surface area contributed by atoms with Gasteiger partial charge >= 0.3 is 0 Å². The van der Waals surface area contributed by atoms with E-state index in [1.54, 1.807) is 0 Å². The minimum atomic E-state index is -0.0515. The number of hydrogen-bond acceptors (Lipinski definition) is 2. The van der Waals surface area contributed by atoms with Gasteiger partial charge in [0.1, 0.15) is 5.82 Å². The smallest absolute Gasteiger partial charge is 0.143 e. The molecule has 9 aromatic rings. The van der Waals surface area contributed by atoms with E-state index in [0.29, 0.717) is 0 Å². The maximum Gasteiger partial charge on any atom is 0.143 e. The quantitative estimate of drug-likeness (QED) is 0.193. The van der Waals surface area contributed by atoms with Gasteiger partial charge < -0.3 is 9.55 Å². The van der Waals surface area contributed by atoms with Gasteiger partial charge in [0.25, 0.3) is 0 Å². The molecule has 1 N–H and O–H groups in total. The number of aromatic amines is 1. The van der Waals surface area contributed by atoms with Crippen molar-refractivity contribution in [3.63, 3.8) is 0 Å². The second kappa shape index (κ2) is 13.0. The summed E-state index contributed by atoms with van der Waals surface area (Å²) in [6, 6.07) is 50.4. The molecule has 0 atom stereocenters. The molecular formula is C51H46N4. The van der Waals surface area contributed by atoms with E-state index in [-0.39, 0.29) is 10.8 Å². The fourth-order valence-corrected chi connectivity index (χ4v) is 7.89. The molecule has 9 rings (SSSR count). The lowest BCUT2D eigenvalue weighted by Crippen LogP contribution is -2.11. The predicted octanol–water partition coefficient (Wildman–Crippen LogP) is 13.5. The molecule has 55 heavy (non-hydrogen) atoms. The summed E-state index contributed by atoms with van der Waals surface area (Å²) in [6.45, 7) is 13.7. The fourth-order valence-electron chi connectivity index (χ4n) is 7.89. The van der Waals surface area contributed by atoms with E-state index in [9.17, 15) is 0 Å². The van der Waals surface area contributed by atoms with Crippen molar-refractivity contribution in [3.05, 3.63) is 157 Å². The van der Waals surface area contributed by atoms with Gasteiger partial charge in [0.05, 0.1) is 22.2 Å². The van der Waals surface area contributed by atoms with E-state index >= 15 is 0 Å². The zero-order valence-corrected chi connectivity index (χ0v) is 32.7. The highest BCUT2D eigenvalue weighted by Gasteiger charge is 2.24. The molecule has 270 valence electrons. The second-order valence-electron chi connectivity index (χ2n) is 17.0. The van der Waals surface area contributed by atoms with Crippen molar-refractivity contribution in [2.75, 3.05) is 0 Å². The summed E-state index contributed by atoms with van der Waals surface area (Å²) < 4.78 is 2.26. The van der Waals surface area contributed by atoms with Gasteiger partial charge in [0, 0.05) is 46.2 Å². The zero-order chi connectivity index (χ0) is 38.1. The van der Waals surface area contributed by atoms with Crippen molar-refractivity contribution in [1.82, 2.24) is 19.5 Å². The number of aromatic nitrogens is 4. The number of nitrogens with one attached hydrogen (secondary N) is 1. The number of pyridine rings is 1. The summed E-state index contributed by atoms with van der Waals surface area (Å²) in [5.74, 6) is 0.942. The Kier molecular flexibility index (Phi) is 8.12. The van der Waals surface area contributed by atoms with Crippen molar-refractivity contribution >= 4 is 32.8 Å². The van der Waals surface area contributed by atoms with Crippen LogP contribution in [0.25, 0.3) is 88.9 Å². The number of fused-ring (bicyclic) bond motifs is 4. The topological polar surface area (TPSA) is 46.5 Å². The number of hydrogen-bond donors (Lipinski definition) is 1. The number of benzene rings is 6. The third-order valence-electron chi connectivity index (χ3n) is 11.1. The van der Waals surface area contributed by atoms with Gasteiger partial charge in [0.15, 0.2) is 0 Å². The van der Waals surface area contributed by atoms with Crippen LogP contribution in [0.4, 0.5) is 0 Å².